The highest BCUT2D eigenvalue weighted by molar-refractivity contribution is 8.00. The molecule has 3 amide bonds. The summed E-state index contributed by atoms with van der Waals surface area (Å²) in [6.45, 7) is 2.05. The van der Waals surface area contributed by atoms with Crippen molar-refractivity contribution in [3.8, 4) is 11.5 Å². The van der Waals surface area contributed by atoms with Gasteiger partial charge in [0.2, 0.25) is 5.91 Å². The van der Waals surface area contributed by atoms with Crippen LogP contribution in [0.25, 0.3) is 0 Å². The van der Waals surface area contributed by atoms with Crippen molar-refractivity contribution in [3.05, 3.63) is 71.6 Å². The Morgan fingerprint density at radius 1 is 1.12 bits per heavy atom. The minimum atomic E-state index is -0.575. The van der Waals surface area contributed by atoms with Crippen molar-refractivity contribution < 1.29 is 23.8 Å². The Bertz CT molecular complexity index is 1470. The Morgan fingerprint density at radius 2 is 2.00 bits per heavy atom. The first-order valence-corrected chi connectivity index (χ1v) is 15.6. The van der Waals surface area contributed by atoms with Gasteiger partial charge in [0.25, 0.3) is 0 Å². The maximum Gasteiger partial charge on any atom is 0.319 e. The quantitative estimate of drug-likeness (QED) is 0.234. The number of amides is 3. The number of carbonyl (C=O) groups excluding carboxylic acids is 2. The largest absolute Gasteiger partial charge is 0.453 e. The van der Waals surface area contributed by atoms with Gasteiger partial charge >= 0.3 is 6.03 Å². The Morgan fingerprint density at radius 3 is 2.77 bits per heavy atom. The number of hydrogen-bond acceptors (Lipinski definition) is 8. The maximum atomic E-state index is 14.9. The fraction of sp³-hybridized carbons (Fsp3) is 0.419. The Labute approximate surface area is 253 Å². The van der Waals surface area contributed by atoms with Crippen molar-refractivity contribution in [1.82, 2.24) is 25.5 Å². The van der Waals surface area contributed by atoms with E-state index in [2.05, 4.69) is 31.9 Å². The molecule has 3 aliphatic rings. The average Bonchev–Trinajstić information content (AvgIpc) is 3.49. The van der Waals surface area contributed by atoms with Crippen molar-refractivity contribution in [1.29, 1.82) is 0 Å². The zero-order chi connectivity index (χ0) is 29.8. The van der Waals surface area contributed by atoms with Crippen LogP contribution in [0.5, 0.6) is 11.5 Å². The number of benzene rings is 1. The molecule has 3 aromatic rings. The van der Waals surface area contributed by atoms with E-state index in [1.165, 1.54) is 12.1 Å². The summed E-state index contributed by atoms with van der Waals surface area (Å²) in [4.78, 5) is 36.9. The molecule has 0 radical (unpaired) electrons. The molecule has 2 aliphatic heterocycles. The van der Waals surface area contributed by atoms with Crippen molar-refractivity contribution in [3.63, 3.8) is 0 Å². The first-order chi connectivity index (χ1) is 21.0. The van der Waals surface area contributed by atoms with E-state index < -0.39 is 5.82 Å². The first kappa shape index (κ1) is 29.3. The topological polar surface area (TPSA) is 129 Å². The Kier molecular flexibility index (Phi) is 9.06. The number of halogens is 1. The molecule has 226 valence electrons. The predicted octanol–water partition coefficient (Wildman–Crippen LogP) is 4.54. The number of thioether (sulfide) groups is 1. The zero-order valence-corrected chi connectivity index (χ0v) is 24.5. The van der Waals surface area contributed by atoms with E-state index in [1.807, 2.05) is 12.3 Å². The van der Waals surface area contributed by atoms with E-state index >= 15 is 0 Å². The highest BCUT2D eigenvalue weighted by Gasteiger charge is 2.32. The van der Waals surface area contributed by atoms with E-state index in [-0.39, 0.29) is 41.6 Å². The number of hydrogen-bond donors (Lipinski definition) is 4. The minimum absolute atomic E-state index is 0.0185. The fourth-order valence-electron chi connectivity index (χ4n) is 5.38. The number of ether oxygens (including phenoxy) is 1. The lowest BCUT2D eigenvalue weighted by molar-refractivity contribution is -0.125. The van der Waals surface area contributed by atoms with Gasteiger partial charge in [-0.3, -0.25) is 19.7 Å². The maximum absolute atomic E-state index is 14.9. The molecule has 0 spiro atoms. The van der Waals surface area contributed by atoms with E-state index in [1.54, 1.807) is 30.1 Å². The third kappa shape index (κ3) is 7.26. The van der Waals surface area contributed by atoms with Crippen LogP contribution in [0.4, 0.5) is 14.9 Å². The molecule has 1 aliphatic carbocycles. The summed E-state index contributed by atoms with van der Waals surface area (Å²) >= 11 is 1.60. The van der Waals surface area contributed by atoms with Gasteiger partial charge in [-0.25, -0.2) is 9.18 Å². The summed E-state index contributed by atoms with van der Waals surface area (Å²) in [5, 5.41) is 17.4. The Hall–Kier alpha value is -3.74. The second kappa shape index (κ2) is 13.3. The fourth-order valence-corrected chi connectivity index (χ4v) is 6.67. The molecule has 2 aromatic heterocycles. The van der Waals surface area contributed by atoms with Crippen LogP contribution in [0.3, 0.4) is 0 Å². The molecule has 4 N–H and O–H groups in total. The van der Waals surface area contributed by atoms with Crippen LogP contribution >= 0.6 is 11.8 Å². The lowest BCUT2D eigenvalue weighted by atomic mass is 10.1. The lowest BCUT2D eigenvalue weighted by Gasteiger charge is -2.23. The monoisotopic (exact) mass is 606 g/mol. The summed E-state index contributed by atoms with van der Waals surface area (Å²) in [6.07, 6.45) is 8.51. The van der Waals surface area contributed by atoms with Crippen molar-refractivity contribution in [2.24, 2.45) is 0 Å². The number of pyridine rings is 2. The molecule has 1 aromatic carbocycles. The molecule has 10 nitrogen and oxygen atoms in total. The first-order valence-electron chi connectivity index (χ1n) is 14.7. The smallest absolute Gasteiger partial charge is 0.319 e. The number of aliphatic hydroxyl groups excluding tert-OH is 1. The van der Waals surface area contributed by atoms with Crippen LogP contribution in [-0.2, 0) is 17.8 Å². The second-order valence-electron chi connectivity index (χ2n) is 11.1. The predicted molar refractivity (Wildman–Crippen MR) is 161 cm³/mol. The molecule has 12 heteroatoms. The van der Waals surface area contributed by atoms with Crippen molar-refractivity contribution in [2.45, 2.75) is 67.3 Å². The summed E-state index contributed by atoms with van der Waals surface area (Å²) in [5.74, 6) is 0.0346. The molecule has 2 fully saturated rings. The number of urea groups is 1. The third-order valence-corrected chi connectivity index (χ3v) is 9.13. The second-order valence-corrected chi connectivity index (χ2v) is 12.3. The van der Waals surface area contributed by atoms with E-state index in [4.69, 9.17) is 14.8 Å². The van der Waals surface area contributed by atoms with Crippen LogP contribution in [0.1, 0.15) is 54.3 Å². The van der Waals surface area contributed by atoms with Gasteiger partial charge in [0.05, 0.1) is 27.6 Å². The number of rotatable bonds is 11. The van der Waals surface area contributed by atoms with E-state index in [9.17, 15) is 14.0 Å². The van der Waals surface area contributed by atoms with Gasteiger partial charge in [0.1, 0.15) is 5.75 Å². The van der Waals surface area contributed by atoms with Gasteiger partial charge in [-0.2, -0.15) is 0 Å². The molecule has 2 atom stereocenters. The van der Waals surface area contributed by atoms with Crippen LogP contribution in [-0.4, -0.2) is 63.7 Å². The van der Waals surface area contributed by atoms with Crippen LogP contribution in [0.15, 0.2) is 53.7 Å². The normalized spacial score (nSPS) is 19.6. The number of aliphatic hydroxyl groups is 1. The molecule has 43 heavy (non-hydrogen) atoms. The van der Waals surface area contributed by atoms with Crippen molar-refractivity contribution in [2.75, 3.05) is 25.0 Å². The molecule has 2 unspecified atom stereocenters. The van der Waals surface area contributed by atoms with Crippen LogP contribution in [0, 0.1) is 5.82 Å². The average molecular weight is 607 g/mol. The highest BCUT2D eigenvalue weighted by Crippen LogP contribution is 2.50. The molecule has 0 bridgehead atoms. The van der Waals surface area contributed by atoms with E-state index in [0.29, 0.717) is 37.4 Å². The summed E-state index contributed by atoms with van der Waals surface area (Å²) in [7, 11) is 0. The molecular formula is C31H35FN6O4S. The number of anilines is 1. The number of fused-ring (bicyclic) bond motifs is 1. The number of nitrogens with one attached hydrogen (secondary N) is 3. The van der Waals surface area contributed by atoms with E-state index in [0.717, 1.165) is 54.1 Å². The van der Waals surface area contributed by atoms with Crippen LogP contribution in [0.2, 0.25) is 0 Å². The van der Waals surface area contributed by atoms with Gasteiger partial charge < -0.3 is 25.8 Å². The van der Waals surface area contributed by atoms with Gasteiger partial charge in [-0.15, -0.1) is 11.8 Å². The zero-order valence-electron chi connectivity index (χ0n) is 23.7. The SMILES string of the molecule is O=C(Nc1ccc(Oc2ccnc3c2SC(c2ccc(CN4CCCC4C(=O)NCCCO)cn2)C3)c(F)c1)NC1CC1. The third-order valence-electron chi connectivity index (χ3n) is 7.77. The van der Waals surface area contributed by atoms with Gasteiger partial charge in [0.15, 0.2) is 11.6 Å². The number of aromatic nitrogens is 2. The molecule has 6 rings (SSSR count). The summed E-state index contributed by atoms with van der Waals surface area (Å²) < 4.78 is 20.9. The van der Waals surface area contributed by atoms with Gasteiger partial charge in [0, 0.05) is 62.4 Å². The lowest BCUT2D eigenvalue weighted by Crippen LogP contribution is -2.43. The number of likely N-dealkylation sites (tertiary alicyclic amines) is 1. The van der Waals surface area contributed by atoms with Gasteiger partial charge in [-0.05, 0) is 62.4 Å². The molecule has 4 heterocycles. The summed E-state index contributed by atoms with van der Waals surface area (Å²) in [6, 6.07) is 9.89. The van der Waals surface area contributed by atoms with Crippen molar-refractivity contribution >= 4 is 29.4 Å². The molecular weight excluding hydrogens is 571 g/mol. The van der Waals surface area contributed by atoms with Gasteiger partial charge in [-0.1, -0.05) is 6.07 Å². The molecule has 1 saturated carbocycles. The van der Waals surface area contributed by atoms with Crippen LogP contribution < -0.4 is 20.7 Å². The molecule has 1 saturated heterocycles. The standard InChI is InChI=1S/C31H35FN6O4S/c32-22-15-21(37-31(41)36-20-5-6-20)7-9-26(22)42-27-10-12-33-24-16-28(43-29(24)27)23-8-4-19(17-35-23)18-38-13-1-3-25(38)30(40)34-11-2-14-39/h4,7-10,12,15,17,20,25,28,39H,1-3,5-6,11,13-14,16,18H2,(H,34,40)(H2,36,37,41). The minimum Gasteiger partial charge on any atom is -0.453 e. The summed E-state index contributed by atoms with van der Waals surface area (Å²) in [5.41, 5.74) is 3.19. The number of carbonyl (C=O) groups is 2. The number of nitrogens with zero attached hydrogens (tertiary/aromatic N) is 3. The Balaban J connectivity index is 1.06. The highest BCUT2D eigenvalue weighted by atomic mass is 32.2.